The summed E-state index contributed by atoms with van der Waals surface area (Å²) in [6.07, 6.45) is 8.33. The van der Waals surface area contributed by atoms with Gasteiger partial charge in [0.15, 0.2) is 5.65 Å². The lowest BCUT2D eigenvalue weighted by Gasteiger charge is -1.92. The molecule has 0 spiro atoms. The monoisotopic (exact) mass is 186 g/mol. The van der Waals surface area contributed by atoms with E-state index in [1.807, 2.05) is 0 Å². The lowest BCUT2D eigenvalue weighted by Crippen LogP contribution is -1.87. The molecule has 68 valence electrons. The number of hydrogen-bond donors (Lipinski definition) is 1. The van der Waals surface area contributed by atoms with E-state index in [9.17, 15) is 0 Å². The van der Waals surface area contributed by atoms with E-state index in [0.717, 1.165) is 16.8 Å². The maximum Gasteiger partial charge on any atom is 0.162 e. The minimum Gasteiger partial charge on any atom is -0.285 e. The van der Waals surface area contributed by atoms with Crippen molar-refractivity contribution in [3.8, 4) is 11.1 Å². The van der Waals surface area contributed by atoms with Gasteiger partial charge < -0.3 is 0 Å². The molecule has 0 fully saturated rings. The van der Waals surface area contributed by atoms with E-state index in [0.29, 0.717) is 6.04 Å². The summed E-state index contributed by atoms with van der Waals surface area (Å²) in [6.45, 7) is 0. The van der Waals surface area contributed by atoms with Gasteiger partial charge in [0.25, 0.3) is 0 Å². The molecule has 0 bridgehead atoms. The quantitative estimate of drug-likeness (QED) is 0.619. The lowest BCUT2D eigenvalue weighted by atomic mass is 10.2. The number of rotatable bonds is 1. The van der Waals surface area contributed by atoms with Gasteiger partial charge in [-0.1, -0.05) is 0 Å². The minimum absolute atomic E-state index is 0.337. The van der Waals surface area contributed by atoms with E-state index in [1.54, 1.807) is 29.3 Å². The average Bonchev–Trinajstić information content (AvgIpc) is 2.82. The van der Waals surface area contributed by atoms with Crippen LogP contribution in [0.2, 0.25) is 0 Å². The number of nitrogens with one attached hydrogen (secondary N) is 1. The Hall–Kier alpha value is -2.17. The van der Waals surface area contributed by atoms with Crippen LogP contribution in [-0.2, 0) is 0 Å². The van der Waals surface area contributed by atoms with Gasteiger partial charge in [-0.25, -0.2) is 9.50 Å². The molecule has 0 aliphatic rings. The summed E-state index contributed by atoms with van der Waals surface area (Å²) in [6, 6.07) is 0.337. The molecule has 0 aliphatic heterocycles. The van der Waals surface area contributed by atoms with E-state index >= 15 is 0 Å². The Morgan fingerprint density at radius 3 is 3.29 bits per heavy atom. The number of fused-ring (bicyclic) bond motifs is 1. The maximum atomic E-state index is 7.42. The third kappa shape index (κ3) is 0.922. The zero-order valence-corrected chi connectivity index (χ0v) is 7.18. The topological polar surface area (TPSA) is 58.9 Å². The van der Waals surface area contributed by atoms with Gasteiger partial charge in [-0.15, -0.1) is 0 Å². The summed E-state index contributed by atoms with van der Waals surface area (Å²) in [4.78, 5) is 4.17. The van der Waals surface area contributed by atoms with Gasteiger partial charge in [-0.05, 0) is 6.04 Å². The Labute approximate surface area is 80.8 Å². The summed E-state index contributed by atoms with van der Waals surface area (Å²) in [5.41, 5.74) is 2.58. The number of H-pyrrole nitrogens is 1. The van der Waals surface area contributed by atoms with Crippen LogP contribution in [0.4, 0.5) is 0 Å². The molecule has 0 amide bonds. The molecule has 0 radical (unpaired) electrons. The molecule has 5 nitrogen and oxygen atoms in total. The molecular formula is C9H7N5. The number of aromatic amines is 1. The Bertz CT molecular complexity index is 598. The predicted molar refractivity (Wildman–Crippen MR) is 50.6 cm³/mol. The highest BCUT2D eigenvalue weighted by Crippen LogP contribution is 2.20. The van der Waals surface area contributed by atoms with Gasteiger partial charge in [0, 0.05) is 29.7 Å². The zero-order valence-electron chi connectivity index (χ0n) is 8.18. The number of hydrogen-bond acceptors (Lipinski definition) is 3. The summed E-state index contributed by atoms with van der Waals surface area (Å²) >= 11 is 0. The summed E-state index contributed by atoms with van der Waals surface area (Å²) in [5, 5.41) is 10.7. The van der Waals surface area contributed by atoms with Gasteiger partial charge in [0.2, 0.25) is 0 Å². The van der Waals surface area contributed by atoms with Gasteiger partial charge in [-0.3, -0.25) is 5.10 Å². The highest BCUT2D eigenvalue weighted by Gasteiger charge is 2.07. The molecule has 1 N–H and O–H groups in total. The first-order chi connectivity index (χ1) is 7.34. The standard InChI is InChI=1S/C9H7N5/c1-2-10-9-8(6-13-14(9)3-1)7-4-11-12-5-7/h1-6H,(H,11,12)/i1D. The Morgan fingerprint density at radius 2 is 2.43 bits per heavy atom. The van der Waals surface area contributed by atoms with Crippen LogP contribution in [0, 0.1) is 0 Å². The minimum atomic E-state index is 0.337. The first kappa shape index (κ1) is 6.31. The van der Waals surface area contributed by atoms with Crippen LogP contribution < -0.4 is 0 Å². The smallest absolute Gasteiger partial charge is 0.162 e. The van der Waals surface area contributed by atoms with Gasteiger partial charge >= 0.3 is 0 Å². The maximum absolute atomic E-state index is 7.42. The molecule has 0 aliphatic carbocycles. The van der Waals surface area contributed by atoms with Crippen molar-refractivity contribution in [1.82, 2.24) is 24.8 Å². The fourth-order valence-corrected chi connectivity index (χ4v) is 1.38. The van der Waals surface area contributed by atoms with Crippen LogP contribution in [0.5, 0.6) is 0 Å². The lowest BCUT2D eigenvalue weighted by molar-refractivity contribution is 0.939. The molecule has 5 heteroatoms. The van der Waals surface area contributed by atoms with E-state index in [1.165, 1.54) is 6.20 Å². The fourth-order valence-electron chi connectivity index (χ4n) is 1.38. The van der Waals surface area contributed by atoms with E-state index in [4.69, 9.17) is 1.37 Å². The number of aromatic nitrogens is 5. The third-order valence-electron chi connectivity index (χ3n) is 2.04. The second kappa shape index (κ2) is 2.66. The van der Waals surface area contributed by atoms with E-state index < -0.39 is 0 Å². The summed E-state index contributed by atoms with van der Waals surface area (Å²) < 4.78 is 9.01. The average molecular weight is 186 g/mol. The molecule has 0 saturated carbocycles. The summed E-state index contributed by atoms with van der Waals surface area (Å²) in [5.74, 6) is 0. The van der Waals surface area contributed by atoms with Crippen LogP contribution in [-0.4, -0.2) is 24.8 Å². The number of nitrogens with zero attached hydrogens (tertiary/aromatic N) is 4. The van der Waals surface area contributed by atoms with Crippen molar-refractivity contribution in [2.45, 2.75) is 0 Å². The van der Waals surface area contributed by atoms with Crippen molar-refractivity contribution >= 4 is 5.65 Å². The van der Waals surface area contributed by atoms with Gasteiger partial charge in [-0.2, -0.15) is 10.2 Å². The van der Waals surface area contributed by atoms with Crippen molar-refractivity contribution in [2.75, 3.05) is 0 Å². The molecule has 3 heterocycles. The Kier molecular flexibility index (Phi) is 1.20. The van der Waals surface area contributed by atoms with Gasteiger partial charge in [0.05, 0.1) is 13.8 Å². The van der Waals surface area contributed by atoms with Crippen molar-refractivity contribution < 1.29 is 1.37 Å². The summed E-state index contributed by atoms with van der Waals surface area (Å²) in [7, 11) is 0. The van der Waals surface area contributed by atoms with E-state index in [2.05, 4.69) is 20.3 Å². The second-order valence-corrected chi connectivity index (χ2v) is 2.87. The molecule has 0 saturated heterocycles. The van der Waals surface area contributed by atoms with Crippen molar-refractivity contribution in [3.05, 3.63) is 37.0 Å². The molecule has 0 aromatic carbocycles. The third-order valence-corrected chi connectivity index (χ3v) is 2.04. The van der Waals surface area contributed by atoms with Crippen molar-refractivity contribution in [2.24, 2.45) is 0 Å². The molecular weight excluding hydrogens is 178 g/mol. The van der Waals surface area contributed by atoms with Gasteiger partial charge in [0.1, 0.15) is 0 Å². The van der Waals surface area contributed by atoms with Crippen molar-refractivity contribution in [1.29, 1.82) is 0 Å². The second-order valence-electron chi connectivity index (χ2n) is 2.87. The molecule has 3 aromatic rings. The normalized spacial score (nSPS) is 11.9. The highest BCUT2D eigenvalue weighted by molar-refractivity contribution is 5.75. The van der Waals surface area contributed by atoms with Crippen molar-refractivity contribution in [3.63, 3.8) is 0 Å². The molecule has 3 aromatic heterocycles. The Balaban J connectivity index is 2.29. The highest BCUT2D eigenvalue weighted by atomic mass is 15.2. The van der Waals surface area contributed by atoms with E-state index in [-0.39, 0.29) is 0 Å². The van der Waals surface area contributed by atoms with Crippen LogP contribution in [0.1, 0.15) is 1.37 Å². The van der Waals surface area contributed by atoms with Crippen LogP contribution in [0.3, 0.4) is 0 Å². The first-order valence-corrected chi connectivity index (χ1v) is 4.14. The SMILES string of the molecule is [2H]c1cnc2c(-c3cn[nH]c3)cnn2c1. The van der Waals surface area contributed by atoms with Crippen LogP contribution in [0.15, 0.2) is 37.0 Å². The molecule has 0 unspecified atom stereocenters. The van der Waals surface area contributed by atoms with Crippen LogP contribution >= 0.6 is 0 Å². The predicted octanol–water partition coefficient (Wildman–Crippen LogP) is 1.12. The first-order valence-electron chi connectivity index (χ1n) is 4.64. The zero-order chi connectivity index (χ0) is 10.3. The Morgan fingerprint density at radius 1 is 1.43 bits per heavy atom. The van der Waals surface area contributed by atoms with Crippen LogP contribution in [0.25, 0.3) is 16.8 Å². The molecule has 14 heavy (non-hydrogen) atoms. The largest absolute Gasteiger partial charge is 0.285 e. The molecule has 3 rings (SSSR count). The molecule has 0 atom stereocenters. The fraction of sp³-hybridized carbons (Fsp3) is 0.